The summed E-state index contributed by atoms with van der Waals surface area (Å²) in [4.78, 5) is 60.4. The van der Waals surface area contributed by atoms with Gasteiger partial charge in [-0.05, 0) is 72.3 Å². The molecule has 5 aromatic rings. The molecule has 12 nitrogen and oxygen atoms in total. The fraction of sp³-hybridized carbons (Fsp3) is 0.413. The monoisotopic (exact) mass is 781 g/mol. The van der Waals surface area contributed by atoms with Crippen LogP contribution in [-0.4, -0.2) is 86.1 Å². The number of amides is 3. The van der Waals surface area contributed by atoms with Gasteiger partial charge in [-0.25, -0.2) is 14.8 Å². The molecule has 9 rings (SSSR count). The predicted molar refractivity (Wildman–Crippen MR) is 219 cm³/mol. The SMILES string of the molecule is COC(=O)N[C@H](C(=O)N1CCC[C@H]1c1ncc(-c2ccc(-c3ccc(-c4cnc([C@@H]5C[C@@]6(CCCO6)CN5C(=O)C5(c6ccccc6)CC5)[nH]4)cc3)cc2)[nH]1)C(C)C. The van der Waals surface area contributed by atoms with Crippen LogP contribution in [0.25, 0.3) is 33.6 Å². The molecule has 5 heterocycles. The lowest BCUT2D eigenvalue weighted by Crippen LogP contribution is -2.51. The van der Waals surface area contributed by atoms with Crippen LogP contribution in [0, 0.1) is 5.92 Å². The number of aromatic nitrogens is 4. The number of benzene rings is 3. The van der Waals surface area contributed by atoms with E-state index in [1.165, 1.54) is 7.11 Å². The van der Waals surface area contributed by atoms with Gasteiger partial charge in [0.15, 0.2) is 0 Å². The average molecular weight is 782 g/mol. The number of ether oxygens (including phenoxy) is 2. The molecule has 0 bridgehead atoms. The zero-order chi connectivity index (χ0) is 40.0. The van der Waals surface area contributed by atoms with Crippen molar-refractivity contribution in [3.05, 3.63) is 108 Å². The maximum absolute atomic E-state index is 14.4. The fourth-order valence-corrected chi connectivity index (χ4v) is 9.41. The van der Waals surface area contributed by atoms with Crippen molar-refractivity contribution in [3.63, 3.8) is 0 Å². The topological polar surface area (TPSA) is 146 Å². The number of H-pyrrole nitrogens is 2. The number of carbonyl (C=O) groups is 3. The first-order valence-corrected chi connectivity index (χ1v) is 20.6. The molecule has 4 fully saturated rings. The molecule has 1 saturated carbocycles. The van der Waals surface area contributed by atoms with Gasteiger partial charge in [0, 0.05) is 19.6 Å². The van der Waals surface area contributed by atoms with Crippen molar-refractivity contribution < 1.29 is 23.9 Å². The highest BCUT2D eigenvalue weighted by molar-refractivity contribution is 5.92. The number of hydrogen-bond acceptors (Lipinski definition) is 7. The summed E-state index contributed by atoms with van der Waals surface area (Å²) < 4.78 is 11.1. The molecule has 1 aliphatic carbocycles. The molecule has 0 radical (unpaired) electrons. The molecule has 3 saturated heterocycles. The number of aromatic amines is 2. The summed E-state index contributed by atoms with van der Waals surface area (Å²) in [5, 5.41) is 2.71. The number of methoxy groups -OCH3 is 1. The minimum absolute atomic E-state index is 0.0974. The number of alkyl carbamates (subject to hydrolysis) is 1. The summed E-state index contributed by atoms with van der Waals surface area (Å²) >= 11 is 0. The zero-order valence-corrected chi connectivity index (χ0v) is 33.4. The van der Waals surface area contributed by atoms with Gasteiger partial charge in [-0.1, -0.05) is 92.7 Å². The number of imidazole rings is 2. The Balaban J connectivity index is 0.880. The summed E-state index contributed by atoms with van der Waals surface area (Å²) in [7, 11) is 1.30. The van der Waals surface area contributed by atoms with E-state index in [4.69, 9.17) is 19.4 Å². The lowest BCUT2D eigenvalue weighted by atomic mass is 9.94. The van der Waals surface area contributed by atoms with E-state index in [9.17, 15) is 14.4 Å². The molecule has 0 unspecified atom stereocenters. The summed E-state index contributed by atoms with van der Waals surface area (Å²) in [6, 6.07) is 26.0. The molecule has 3 amide bonds. The Hall–Kier alpha value is -5.75. The quantitative estimate of drug-likeness (QED) is 0.132. The van der Waals surface area contributed by atoms with Crippen molar-refractivity contribution in [2.45, 2.75) is 87.9 Å². The largest absolute Gasteiger partial charge is 0.453 e. The lowest BCUT2D eigenvalue weighted by molar-refractivity contribution is -0.136. The van der Waals surface area contributed by atoms with Crippen LogP contribution in [-0.2, 0) is 24.5 Å². The van der Waals surface area contributed by atoms with Gasteiger partial charge in [0.05, 0.1) is 60.5 Å². The van der Waals surface area contributed by atoms with Crippen molar-refractivity contribution in [2.24, 2.45) is 5.92 Å². The van der Waals surface area contributed by atoms with Crippen LogP contribution in [0.2, 0.25) is 0 Å². The summed E-state index contributed by atoms with van der Waals surface area (Å²) in [6.07, 6.45) is 9.21. The van der Waals surface area contributed by atoms with E-state index in [0.717, 1.165) is 102 Å². The normalized spacial score (nSPS) is 22.8. The van der Waals surface area contributed by atoms with Gasteiger partial charge in [-0.15, -0.1) is 0 Å². The average Bonchev–Trinajstić information content (AvgIpc) is 3.89. The zero-order valence-electron chi connectivity index (χ0n) is 33.4. The maximum atomic E-state index is 14.4. The molecule has 1 spiro atoms. The number of nitrogens with one attached hydrogen (secondary N) is 3. The Bertz CT molecular complexity index is 2270. The van der Waals surface area contributed by atoms with Gasteiger partial charge in [0.25, 0.3) is 0 Å². The highest BCUT2D eigenvalue weighted by Gasteiger charge is 2.58. The van der Waals surface area contributed by atoms with Gasteiger partial charge < -0.3 is 34.6 Å². The molecule has 3 aliphatic heterocycles. The number of rotatable bonds is 10. The standard InChI is InChI=1S/C46H51N7O5/c1-29(2)39(51-44(56)57-3)42(54)52-23-7-11-37(52)40-47-26-35(49-40)32-16-12-30(13-17-32)31-14-18-33(19-15-31)36-27-48-41(50-36)38-25-45(20-8-24-58-45)28-53(38)43(55)46(21-22-46)34-9-5-4-6-10-34/h4-6,9-10,12-19,26-27,29,37-39H,7-8,11,20-25,28H2,1-3H3,(H,47,49)(H,48,50)(H,51,56)/t37-,38-,39-,45-/m0/s1. The van der Waals surface area contributed by atoms with E-state index in [1.807, 2.05) is 49.3 Å². The fourth-order valence-electron chi connectivity index (χ4n) is 9.41. The third-order valence-electron chi connectivity index (χ3n) is 12.8. The Morgan fingerprint density at radius 3 is 1.95 bits per heavy atom. The minimum atomic E-state index is -0.680. The predicted octanol–water partition coefficient (Wildman–Crippen LogP) is 7.73. The summed E-state index contributed by atoms with van der Waals surface area (Å²) in [6.45, 7) is 5.77. The third-order valence-corrected chi connectivity index (χ3v) is 12.8. The number of likely N-dealkylation sites (tertiary alicyclic amines) is 2. The Morgan fingerprint density at radius 1 is 0.793 bits per heavy atom. The van der Waals surface area contributed by atoms with E-state index in [1.54, 1.807) is 0 Å². The van der Waals surface area contributed by atoms with Crippen LogP contribution in [0.5, 0.6) is 0 Å². The molecule has 2 aromatic heterocycles. The van der Waals surface area contributed by atoms with Gasteiger partial charge >= 0.3 is 6.09 Å². The van der Waals surface area contributed by atoms with Crippen molar-refractivity contribution in [3.8, 4) is 33.6 Å². The first-order chi connectivity index (χ1) is 28.2. The highest BCUT2D eigenvalue weighted by Crippen LogP contribution is 2.53. The van der Waals surface area contributed by atoms with Gasteiger partial charge in [0.1, 0.15) is 17.7 Å². The number of carbonyl (C=O) groups excluding carboxylic acids is 3. The van der Waals surface area contributed by atoms with Crippen LogP contribution in [0.15, 0.2) is 91.3 Å². The molecule has 3 N–H and O–H groups in total. The number of nitrogens with zero attached hydrogens (tertiary/aromatic N) is 4. The second kappa shape index (κ2) is 15.2. The van der Waals surface area contributed by atoms with E-state index >= 15 is 0 Å². The molecule has 4 aliphatic rings. The van der Waals surface area contributed by atoms with Gasteiger partial charge in [-0.3, -0.25) is 9.59 Å². The van der Waals surface area contributed by atoms with E-state index in [-0.39, 0.29) is 35.4 Å². The van der Waals surface area contributed by atoms with E-state index in [2.05, 4.69) is 80.8 Å². The molecule has 4 atom stereocenters. The van der Waals surface area contributed by atoms with E-state index in [0.29, 0.717) is 13.1 Å². The second-order valence-corrected chi connectivity index (χ2v) is 16.8. The molecule has 12 heteroatoms. The van der Waals surface area contributed by atoms with Crippen LogP contribution in [0.4, 0.5) is 4.79 Å². The van der Waals surface area contributed by atoms with Gasteiger partial charge in [0.2, 0.25) is 11.8 Å². The van der Waals surface area contributed by atoms with Crippen LogP contribution in [0.3, 0.4) is 0 Å². The Morgan fingerprint density at radius 2 is 1.40 bits per heavy atom. The second-order valence-electron chi connectivity index (χ2n) is 16.8. The van der Waals surface area contributed by atoms with Crippen molar-refractivity contribution >= 4 is 17.9 Å². The third kappa shape index (κ3) is 6.97. The Labute approximate surface area is 338 Å². The summed E-state index contributed by atoms with van der Waals surface area (Å²) in [5.41, 5.74) is 6.33. The molecular formula is C46H51N7O5. The van der Waals surface area contributed by atoms with Crippen LogP contribution < -0.4 is 5.32 Å². The van der Waals surface area contributed by atoms with Gasteiger partial charge in [-0.2, -0.15) is 0 Å². The number of hydrogen-bond donors (Lipinski definition) is 3. The first kappa shape index (κ1) is 37.8. The smallest absolute Gasteiger partial charge is 0.407 e. The highest BCUT2D eigenvalue weighted by atomic mass is 16.5. The van der Waals surface area contributed by atoms with Crippen LogP contribution in [0.1, 0.15) is 88.1 Å². The Kier molecular flexibility index (Phi) is 9.91. The minimum Gasteiger partial charge on any atom is -0.453 e. The first-order valence-electron chi connectivity index (χ1n) is 20.6. The summed E-state index contributed by atoms with van der Waals surface area (Å²) in [5.74, 6) is 1.51. The van der Waals surface area contributed by atoms with Crippen molar-refractivity contribution in [1.82, 2.24) is 35.1 Å². The molecule has 300 valence electrons. The van der Waals surface area contributed by atoms with Crippen molar-refractivity contribution in [1.29, 1.82) is 0 Å². The maximum Gasteiger partial charge on any atom is 0.407 e. The van der Waals surface area contributed by atoms with E-state index < -0.39 is 17.6 Å². The van der Waals surface area contributed by atoms with Crippen molar-refractivity contribution in [2.75, 3.05) is 26.8 Å². The lowest BCUT2D eigenvalue weighted by Gasteiger charge is -2.30. The molecule has 58 heavy (non-hydrogen) atoms. The van der Waals surface area contributed by atoms with Crippen LogP contribution >= 0.6 is 0 Å². The molecular weight excluding hydrogens is 731 g/mol. The molecule has 3 aromatic carbocycles.